The third-order valence-corrected chi connectivity index (χ3v) is 3.38. The predicted octanol–water partition coefficient (Wildman–Crippen LogP) is -1.49. The molecular weight excluding hydrogens is 297 g/mol. The van der Waals surface area contributed by atoms with Gasteiger partial charge in [-0.15, -0.1) is 0 Å². The number of halogens is 1. The zero-order chi connectivity index (χ0) is 9.03. The number of nitrogens with zero attached hydrogens (tertiary/aromatic N) is 1. The molecule has 0 aliphatic carbocycles. The predicted molar refractivity (Wildman–Crippen MR) is 53.2 cm³/mol. The van der Waals surface area contributed by atoms with Gasteiger partial charge < -0.3 is 28.5 Å². The summed E-state index contributed by atoms with van der Waals surface area (Å²) in [6.45, 7) is 5.41. The Morgan fingerprint density at radius 3 is 2.38 bits per heavy atom. The molecule has 0 aromatic heterocycles. The first-order valence-electron chi connectivity index (χ1n) is 4.59. The maximum Gasteiger partial charge on any atom is 0.186 e. The normalized spacial score (nSPS) is 19.5. The lowest BCUT2D eigenvalue weighted by Gasteiger charge is -2.28. The molecule has 0 saturated carbocycles. The van der Waals surface area contributed by atoms with Gasteiger partial charge in [-0.1, -0.05) is 11.8 Å². The van der Waals surface area contributed by atoms with Crippen LogP contribution in [0, 0.1) is 0 Å². The molecule has 0 aromatic rings. The Balaban J connectivity index is 0.00000144. The molecule has 1 rings (SSSR count). The molecule has 0 unspecified atom stereocenters. The van der Waals surface area contributed by atoms with Crippen LogP contribution in [0.25, 0.3) is 0 Å². The molecule has 0 radical (unpaired) electrons. The lowest BCUT2D eigenvalue weighted by atomic mass is 10.4. The summed E-state index contributed by atoms with van der Waals surface area (Å²) in [6.07, 6.45) is 2.72. The summed E-state index contributed by atoms with van der Waals surface area (Å²) < 4.78 is 1.18. The molecule has 1 aliphatic rings. The third-order valence-electron chi connectivity index (χ3n) is 2.58. The highest BCUT2D eigenvalue weighted by Gasteiger charge is 2.25. The van der Waals surface area contributed by atoms with Crippen molar-refractivity contribution in [3.63, 3.8) is 0 Å². The smallest absolute Gasteiger partial charge is 0.186 e. The van der Waals surface area contributed by atoms with Crippen molar-refractivity contribution < 1.29 is 33.3 Å². The number of hydrogen-bond acceptors (Lipinski definition) is 2. The highest BCUT2D eigenvalue weighted by Crippen LogP contribution is 2.17. The summed E-state index contributed by atoms with van der Waals surface area (Å²) in [6, 6.07) is 0. The molecule has 1 heterocycles. The Labute approximate surface area is 102 Å². The number of likely N-dealkylation sites (tertiary alicyclic amines) is 1. The fraction of sp³-hybridized carbons (Fsp3) is 0.889. The largest absolute Gasteiger partial charge is 1.00 e. The van der Waals surface area contributed by atoms with E-state index < -0.39 is 0 Å². The van der Waals surface area contributed by atoms with Gasteiger partial charge in [0.05, 0.1) is 32.4 Å². The van der Waals surface area contributed by atoms with Crippen molar-refractivity contribution in [2.75, 3.05) is 32.4 Å². The van der Waals surface area contributed by atoms with Gasteiger partial charge in [-0.3, -0.25) is 4.79 Å². The minimum atomic E-state index is 0. The van der Waals surface area contributed by atoms with E-state index in [-0.39, 0.29) is 29.1 Å². The second kappa shape index (κ2) is 6.24. The molecule has 1 aliphatic heterocycles. The van der Waals surface area contributed by atoms with E-state index in [0.29, 0.717) is 0 Å². The molecule has 0 bridgehead atoms. The van der Waals surface area contributed by atoms with Crippen molar-refractivity contribution in [3.8, 4) is 0 Å². The number of carbonyl (C=O) groups is 1. The van der Waals surface area contributed by atoms with Gasteiger partial charge in [-0.25, -0.2) is 0 Å². The fourth-order valence-electron chi connectivity index (χ4n) is 1.73. The topological polar surface area (TPSA) is 17.1 Å². The fourth-order valence-corrected chi connectivity index (χ4v) is 2.55. The van der Waals surface area contributed by atoms with Gasteiger partial charge in [-0.05, 0) is 0 Å². The number of carbonyl (C=O) groups excluding carboxylic acids is 1. The van der Waals surface area contributed by atoms with Crippen LogP contribution in [-0.4, -0.2) is 42.0 Å². The van der Waals surface area contributed by atoms with Crippen molar-refractivity contribution >= 4 is 16.9 Å². The number of hydrogen-bond donors (Lipinski definition) is 0. The minimum Gasteiger partial charge on any atom is -1.00 e. The Kier molecular flexibility index (Phi) is 6.58. The Bertz CT molecular complexity index is 169. The van der Waals surface area contributed by atoms with Crippen LogP contribution in [0.1, 0.15) is 19.8 Å². The van der Waals surface area contributed by atoms with E-state index in [2.05, 4.69) is 7.05 Å². The van der Waals surface area contributed by atoms with Crippen LogP contribution in [0.5, 0.6) is 0 Å². The van der Waals surface area contributed by atoms with Crippen molar-refractivity contribution in [2.24, 2.45) is 0 Å². The lowest BCUT2D eigenvalue weighted by molar-refractivity contribution is -0.895. The van der Waals surface area contributed by atoms with E-state index in [9.17, 15) is 4.79 Å². The summed E-state index contributed by atoms with van der Waals surface area (Å²) in [7, 11) is 2.30. The first-order chi connectivity index (χ1) is 5.62. The zero-order valence-corrected chi connectivity index (χ0v) is 11.4. The molecule has 0 N–H and O–H groups in total. The van der Waals surface area contributed by atoms with Crippen LogP contribution < -0.4 is 24.0 Å². The van der Waals surface area contributed by atoms with Crippen molar-refractivity contribution in [1.29, 1.82) is 0 Å². The maximum atomic E-state index is 10.7. The van der Waals surface area contributed by atoms with Gasteiger partial charge in [0, 0.05) is 19.8 Å². The molecule has 0 spiro atoms. The number of quaternary nitrogens is 1. The van der Waals surface area contributed by atoms with Crippen LogP contribution in [0.3, 0.4) is 0 Å². The second-order valence-electron chi connectivity index (χ2n) is 3.84. The van der Waals surface area contributed by atoms with Crippen molar-refractivity contribution in [3.05, 3.63) is 0 Å². The van der Waals surface area contributed by atoms with E-state index in [4.69, 9.17) is 0 Å². The maximum absolute atomic E-state index is 10.7. The molecular formula is C9H18INOS. The summed E-state index contributed by atoms with van der Waals surface area (Å²) in [5, 5.41) is 0.251. The van der Waals surface area contributed by atoms with Crippen LogP contribution in [-0.2, 0) is 4.79 Å². The molecule has 78 valence electrons. The van der Waals surface area contributed by atoms with E-state index in [1.54, 1.807) is 6.92 Å². The average Bonchev–Trinajstić information content (AvgIpc) is 2.35. The van der Waals surface area contributed by atoms with Gasteiger partial charge in [0.15, 0.2) is 5.12 Å². The van der Waals surface area contributed by atoms with Gasteiger partial charge in [0.2, 0.25) is 0 Å². The molecule has 1 saturated heterocycles. The van der Waals surface area contributed by atoms with E-state index in [1.165, 1.54) is 42.2 Å². The van der Waals surface area contributed by atoms with Crippen LogP contribution >= 0.6 is 11.8 Å². The first-order valence-corrected chi connectivity index (χ1v) is 5.58. The Hall–Kier alpha value is 0.710. The third kappa shape index (κ3) is 5.22. The molecule has 2 nitrogen and oxygen atoms in total. The molecule has 0 amide bonds. The van der Waals surface area contributed by atoms with E-state index >= 15 is 0 Å². The number of thioether (sulfide) groups is 1. The Morgan fingerprint density at radius 2 is 1.92 bits per heavy atom. The second-order valence-corrected chi connectivity index (χ2v) is 5.11. The monoisotopic (exact) mass is 315 g/mol. The SMILES string of the molecule is CC(=O)SCC[N+]1(C)CCCC1.[I-]. The molecule has 0 atom stereocenters. The Morgan fingerprint density at radius 1 is 1.38 bits per heavy atom. The minimum absolute atomic E-state index is 0. The first kappa shape index (κ1) is 13.7. The standard InChI is InChI=1S/C9H18NOS.HI/c1-9(11)12-8-7-10(2)5-3-4-6-10;/h3-8H2,1-2H3;1H/q+1;/p-1. The summed E-state index contributed by atoms with van der Waals surface area (Å²) in [5.74, 6) is 0.992. The van der Waals surface area contributed by atoms with Crippen molar-refractivity contribution in [1.82, 2.24) is 0 Å². The highest BCUT2D eigenvalue weighted by atomic mass is 127. The summed E-state index contributed by atoms with van der Waals surface area (Å²) in [4.78, 5) is 10.7. The molecule has 0 aromatic carbocycles. The van der Waals surface area contributed by atoms with Crippen LogP contribution in [0.2, 0.25) is 0 Å². The van der Waals surface area contributed by atoms with Crippen LogP contribution in [0.15, 0.2) is 0 Å². The van der Waals surface area contributed by atoms with E-state index in [0.717, 1.165) is 12.3 Å². The quantitative estimate of drug-likeness (QED) is 0.466. The van der Waals surface area contributed by atoms with Gasteiger partial charge >= 0.3 is 0 Å². The van der Waals surface area contributed by atoms with Gasteiger partial charge in [0.1, 0.15) is 0 Å². The zero-order valence-electron chi connectivity index (χ0n) is 8.38. The molecule has 13 heavy (non-hydrogen) atoms. The summed E-state index contributed by atoms with van der Waals surface area (Å²) in [5.41, 5.74) is 0. The lowest BCUT2D eigenvalue weighted by Crippen LogP contribution is -3.00. The van der Waals surface area contributed by atoms with Crippen molar-refractivity contribution in [2.45, 2.75) is 19.8 Å². The van der Waals surface area contributed by atoms with E-state index in [1.807, 2.05) is 0 Å². The highest BCUT2D eigenvalue weighted by molar-refractivity contribution is 8.13. The average molecular weight is 315 g/mol. The summed E-state index contributed by atoms with van der Waals surface area (Å²) >= 11 is 1.46. The molecule has 4 heteroatoms. The number of rotatable bonds is 3. The molecule has 1 fully saturated rings. The van der Waals surface area contributed by atoms with Crippen LogP contribution in [0.4, 0.5) is 0 Å². The van der Waals surface area contributed by atoms with Gasteiger partial charge in [0.25, 0.3) is 0 Å². The van der Waals surface area contributed by atoms with Gasteiger partial charge in [-0.2, -0.15) is 0 Å².